The number of aromatic nitrogens is 4. The fraction of sp³-hybridized carbons (Fsp3) is 0.316. The van der Waals surface area contributed by atoms with Crippen molar-refractivity contribution in [1.82, 2.24) is 28.8 Å². The molecule has 1 saturated heterocycles. The van der Waals surface area contributed by atoms with E-state index in [1.54, 1.807) is 4.52 Å². The van der Waals surface area contributed by atoms with Gasteiger partial charge in [0.1, 0.15) is 12.1 Å². The number of hydrogen-bond acceptors (Lipinski definition) is 8. The summed E-state index contributed by atoms with van der Waals surface area (Å²) in [6, 6.07) is 5.98. The van der Waals surface area contributed by atoms with Crippen LogP contribution in [0.2, 0.25) is 0 Å². The van der Waals surface area contributed by atoms with Crippen LogP contribution >= 0.6 is 0 Å². The van der Waals surface area contributed by atoms with Gasteiger partial charge in [0.05, 0.1) is 16.0 Å². The van der Waals surface area contributed by atoms with Gasteiger partial charge >= 0.3 is 0 Å². The molecule has 0 bridgehead atoms. The molecule has 1 fully saturated rings. The highest BCUT2D eigenvalue weighted by Crippen LogP contribution is 2.27. The number of piperazine rings is 1. The van der Waals surface area contributed by atoms with Gasteiger partial charge in [-0.3, -0.25) is 14.5 Å². The van der Waals surface area contributed by atoms with Crippen LogP contribution in [0.15, 0.2) is 35.5 Å². The van der Waals surface area contributed by atoms with Crippen molar-refractivity contribution >= 4 is 33.4 Å². The molecule has 2 aliphatic heterocycles. The minimum absolute atomic E-state index is 0.00886. The number of nitrogens with zero attached hydrogens (tertiary/aromatic N) is 7. The zero-order valence-electron chi connectivity index (χ0n) is 16.9. The number of fused-ring (bicyclic) bond motifs is 2. The van der Waals surface area contributed by atoms with Crippen molar-refractivity contribution in [3.05, 3.63) is 47.4 Å². The molecule has 0 N–H and O–H groups in total. The maximum absolute atomic E-state index is 13.2. The van der Waals surface area contributed by atoms with Gasteiger partial charge in [-0.2, -0.15) is 18.9 Å². The molecule has 2 aromatic heterocycles. The van der Waals surface area contributed by atoms with Gasteiger partial charge in [0.25, 0.3) is 17.6 Å². The summed E-state index contributed by atoms with van der Waals surface area (Å²) in [7, 11) is -2.43. The first-order valence-electron chi connectivity index (χ1n) is 9.66. The average Bonchev–Trinajstić information content (AvgIpc) is 3.32. The van der Waals surface area contributed by atoms with E-state index in [2.05, 4.69) is 15.1 Å². The summed E-state index contributed by atoms with van der Waals surface area (Å²) in [4.78, 5) is 35.8. The molecule has 12 heteroatoms. The lowest BCUT2D eigenvalue weighted by Gasteiger charge is -2.35. The number of benzene rings is 1. The smallest absolute Gasteiger partial charge is 0.261 e. The number of carbonyl (C=O) groups excluding carboxylic acids is 2. The summed E-state index contributed by atoms with van der Waals surface area (Å²) in [6.45, 7) is 3.33. The van der Waals surface area contributed by atoms with E-state index in [1.165, 1.54) is 35.9 Å². The van der Waals surface area contributed by atoms with Gasteiger partial charge in [-0.1, -0.05) is 0 Å². The first-order valence-corrected chi connectivity index (χ1v) is 11.1. The number of hydrogen-bond donors (Lipinski definition) is 0. The van der Waals surface area contributed by atoms with Gasteiger partial charge in [-0.25, -0.2) is 13.4 Å². The van der Waals surface area contributed by atoms with Crippen LogP contribution in [-0.2, 0) is 10.0 Å². The topological polar surface area (TPSA) is 121 Å². The number of sulfonamides is 1. The second-order valence-electron chi connectivity index (χ2n) is 7.50. The highest BCUT2D eigenvalue weighted by Gasteiger charge is 2.36. The first-order chi connectivity index (χ1) is 14.8. The lowest BCUT2D eigenvalue weighted by Crippen LogP contribution is -2.49. The molecule has 4 heterocycles. The van der Waals surface area contributed by atoms with Crippen LogP contribution in [0.3, 0.4) is 0 Å². The lowest BCUT2D eigenvalue weighted by molar-refractivity contribution is 0.0693. The molecule has 11 nitrogen and oxygen atoms in total. The fourth-order valence-electron chi connectivity index (χ4n) is 3.94. The molecule has 0 radical (unpaired) electrons. The van der Waals surface area contributed by atoms with Crippen molar-refractivity contribution in [1.29, 1.82) is 0 Å². The zero-order valence-corrected chi connectivity index (χ0v) is 17.7. The van der Waals surface area contributed by atoms with Gasteiger partial charge < -0.3 is 4.90 Å². The zero-order chi connectivity index (χ0) is 21.9. The van der Waals surface area contributed by atoms with E-state index < -0.39 is 21.8 Å². The minimum atomic E-state index is -3.81. The molecule has 0 atom stereocenters. The van der Waals surface area contributed by atoms with E-state index >= 15 is 0 Å². The third-order valence-electron chi connectivity index (χ3n) is 5.62. The molecule has 160 valence electrons. The van der Waals surface area contributed by atoms with Gasteiger partial charge in [0.2, 0.25) is 10.0 Å². The molecule has 0 spiro atoms. The third-order valence-corrected chi connectivity index (χ3v) is 7.52. The SMILES string of the molecule is Cc1cc(N2CCN(S(=O)(=O)c3ccc4c(c3)C(=O)N(C)C4=O)CC2)n2ncnc2n1. The van der Waals surface area contributed by atoms with Crippen molar-refractivity contribution < 1.29 is 18.0 Å². The number of rotatable bonds is 3. The number of carbonyl (C=O) groups is 2. The van der Waals surface area contributed by atoms with Crippen LogP contribution in [0.5, 0.6) is 0 Å². The van der Waals surface area contributed by atoms with Gasteiger partial charge in [0, 0.05) is 45.0 Å². The minimum Gasteiger partial charge on any atom is -0.354 e. The Morgan fingerprint density at radius 1 is 0.968 bits per heavy atom. The highest BCUT2D eigenvalue weighted by molar-refractivity contribution is 7.89. The van der Waals surface area contributed by atoms with Gasteiger partial charge in [0.15, 0.2) is 0 Å². The summed E-state index contributed by atoms with van der Waals surface area (Å²) >= 11 is 0. The predicted octanol–water partition coefficient (Wildman–Crippen LogP) is 0.169. The maximum Gasteiger partial charge on any atom is 0.261 e. The maximum atomic E-state index is 13.2. The molecule has 2 aliphatic rings. The molecule has 0 saturated carbocycles. The number of anilines is 1. The highest BCUT2D eigenvalue weighted by atomic mass is 32.2. The molecule has 3 aromatic rings. The summed E-state index contributed by atoms with van der Waals surface area (Å²) in [6.07, 6.45) is 1.43. The molecule has 1 aromatic carbocycles. The quantitative estimate of drug-likeness (QED) is 0.528. The molecular formula is C19H19N7O4S. The van der Waals surface area contributed by atoms with Crippen molar-refractivity contribution in [2.45, 2.75) is 11.8 Å². The second kappa shape index (κ2) is 6.82. The number of imide groups is 1. The normalized spacial score (nSPS) is 17.6. The number of aryl methyl sites for hydroxylation is 1. The third kappa shape index (κ3) is 2.98. The Morgan fingerprint density at radius 2 is 1.68 bits per heavy atom. The van der Waals surface area contributed by atoms with Gasteiger partial charge in [-0.05, 0) is 25.1 Å². The molecule has 2 amide bonds. The Hall–Kier alpha value is -3.38. The van der Waals surface area contributed by atoms with Crippen molar-refractivity contribution in [3.8, 4) is 0 Å². The summed E-state index contributed by atoms with van der Waals surface area (Å²) in [5.41, 5.74) is 1.14. The summed E-state index contributed by atoms with van der Waals surface area (Å²) in [5, 5.41) is 4.21. The first kappa shape index (κ1) is 19.6. The lowest BCUT2D eigenvalue weighted by atomic mass is 10.1. The summed E-state index contributed by atoms with van der Waals surface area (Å²) in [5.74, 6) is 0.380. The Balaban J connectivity index is 1.39. The Kier molecular flexibility index (Phi) is 4.31. The fourth-order valence-corrected chi connectivity index (χ4v) is 5.39. The van der Waals surface area contributed by atoms with E-state index in [-0.39, 0.29) is 29.1 Å². The van der Waals surface area contributed by atoms with Crippen LogP contribution < -0.4 is 4.90 Å². The van der Waals surface area contributed by atoms with Gasteiger partial charge in [-0.15, -0.1) is 0 Å². The Labute approximate surface area is 178 Å². The molecule has 0 unspecified atom stereocenters. The summed E-state index contributed by atoms with van der Waals surface area (Å²) < 4.78 is 29.4. The van der Waals surface area contributed by atoms with E-state index in [1.807, 2.05) is 17.9 Å². The van der Waals surface area contributed by atoms with E-state index in [0.717, 1.165) is 16.4 Å². The van der Waals surface area contributed by atoms with E-state index in [4.69, 9.17) is 0 Å². The molecular weight excluding hydrogens is 422 g/mol. The second-order valence-corrected chi connectivity index (χ2v) is 9.43. The average molecular weight is 441 g/mol. The largest absolute Gasteiger partial charge is 0.354 e. The van der Waals surface area contributed by atoms with Crippen LogP contribution in [0.25, 0.3) is 5.78 Å². The Morgan fingerprint density at radius 3 is 2.42 bits per heavy atom. The number of amides is 2. The van der Waals surface area contributed by atoms with E-state index in [0.29, 0.717) is 18.9 Å². The van der Waals surface area contributed by atoms with Crippen molar-refractivity contribution in [3.63, 3.8) is 0 Å². The monoisotopic (exact) mass is 441 g/mol. The Bertz CT molecular complexity index is 1340. The van der Waals surface area contributed by atoms with Crippen molar-refractivity contribution in [2.24, 2.45) is 0 Å². The van der Waals surface area contributed by atoms with Crippen LogP contribution in [0, 0.1) is 6.92 Å². The standard InChI is InChI=1S/C19H19N7O4S/c1-12-9-16(26-19(22-12)20-11-21-26)24-5-7-25(8-6-24)31(29,30)13-3-4-14-15(10-13)18(28)23(2)17(14)27/h3-4,9-11H,5-8H2,1-2H3. The predicted molar refractivity (Wildman–Crippen MR) is 109 cm³/mol. The van der Waals surface area contributed by atoms with Crippen LogP contribution in [-0.4, -0.2) is 82.2 Å². The molecule has 0 aliphatic carbocycles. The van der Waals surface area contributed by atoms with Crippen LogP contribution in [0.4, 0.5) is 5.82 Å². The van der Waals surface area contributed by atoms with Crippen molar-refractivity contribution in [2.75, 3.05) is 38.1 Å². The van der Waals surface area contributed by atoms with Crippen LogP contribution in [0.1, 0.15) is 26.4 Å². The molecule has 5 rings (SSSR count). The molecule has 31 heavy (non-hydrogen) atoms. The van der Waals surface area contributed by atoms with E-state index in [9.17, 15) is 18.0 Å².